The van der Waals surface area contributed by atoms with E-state index in [9.17, 15) is 9.59 Å². The summed E-state index contributed by atoms with van der Waals surface area (Å²) in [4.78, 5) is 24.5. The summed E-state index contributed by atoms with van der Waals surface area (Å²) in [6.45, 7) is 2.64. The third-order valence-electron chi connectivity index (χ3n) is 2.88. The zero-order valence-corrected chi connectivity index (χ0v) is 10.3. The first-order valence-electron chi connectivity index (χ1n) is 5.91. The Morgan fingerprint density at radius 2 is 2.17 bits per heavy atom. The molecular weight excluding hydrogens is 232 g/mol. The van der Waals surface area contributed by atoms with Crippen LogP contribution in [0.2, 0.25) is 0 Å². The maximum absolute atomic E-state index is 11.9. The molecule has 1 atom stereocenters. The van der Waals surface area contributed by atoms with Crippen LogP contribution >= 0.6 is 0 Å². The molecule has 1 aromatic carbocycles. The number of amides is 2. The summed E-state index contributed by atoms with van der Waals surface area (Å²) in [5.41, 5.74) is 0.931. The molecule has 0 aliphatic carbocycles. The van der Waals surface area contributed by atoms with Crippen molar-refractivity contribution in [1.82, 2.24) is 10.2 Å². The first kappa shape index (κ1) is 12.4. The van der Waals surface area contributed by atoms with Crippen LogP contribution in [0.5, 0.6) is 0 Å². The number of nitrogens with one attached hydrogen (secondary N) is 1. The number of ether oxygens (including phenoxy) is 1. The lowest BCUT2D eigenvalue weighted by molar-refractivity contribution is -0.124. The van der Waals surface area contributed by atoms with Gasteiger partial charge in [0.25, 0.3) is 0 Å². The summed E-state index contributed by atoms with van der Waals surface area (Å²) in [5, 5.41) is 2.70. The first-order valence-corrected chi connectivity index (χ1v) is 5.91. The highest BCUT2D eigenvalue weighted by Gasteiger charge is 2.28. The molecule has 96 valence electrons. The fraction of sp³-hybridized carbons (Fsp3) is 0.385. The molecule has 0 bridgehead atoms. The minimum atomic E-state index is -0.443. The summed E-state index contributed by atoms with van der Waals surface area (Å²) >= 11 is 0. The van der Waals surface area contributed by atoms with Crippen LogP contribution in [0.4, 0.5) is 4.79 Å². The van der Waals surface area contributed by atoms with Gasteiger partial charge in [0.2, 0.25) is 5.91 Å². The van der Waals surface area contributed by atoms with E-state index in [0.717, 1.165) is 5.56 Å². The molecule has 1 saturated heterocycles. The number of piperazine rings is 1. The summed E-state index contributed by atoms with van der Waals surface area (Å²) in [5.74, 6) is -0.148. The van der Waals surface area contributed by atoms with Gasteiger partial charge in [0.15, 0.2) is 0 Å². The molecule has 5 heteroatoms. The Morgan fingerprint density at radius 3 is 2.89 bits per heavy atom. The normalized spacial score (nSPS) is 19.3. The highest BCUT2D eigenvalue weighted by atomic mass is 16.6. The number of rotatable bonds is 2. The summed E-state index contributed by atoms with van der Waals surface area (Å²) < 4.78 is 5.19. The molecule has 1 heterocycles. The van der Waals surface area contributed by atoms with Crippen molar-refractivity contribution in [3.63, 3.8) is 0 Å². The van der Waals surface area contributed by atoms with Crippen molar-refractivity contribution in [2.75, 3.05) is 13.1 Å². The lowest BCUT2D eigenvalue weighted by Gasteiger charge is -2.32. The fourth-order valence-electron chi connectivity index (χ4n) is 1.78. The van der Waals surface area contributed by atoms with E-state index >= 15 is 0 Å². The maximum atomic E-state index is 11.9. The molecule has 0 radical (unpaired) electrons. The Balaban J connectivity index is 1.89. The maximum Gasteiger partial charge on any atom is 0.410 e. The van der Waals surface area contributed by atoms with Gasteiger partial charge in [-0.1, -0.05) is 30.3 Å². The highest BCUT2D eigenvalue weighted by molar-refractivity contribution is 5.83. The Morgan fingerprint density at radius 1 is 1.44 bits per heavy atom. The van der Waals surface area contributed by atoms with Crippen LogP contribution in [0.15, 0.2) is 30.3 Å². The number of hydrogen-bond donors (Lipinski definition) is 1. The van der Waals surface area contributed by atoms with Gasteiger partial charge >= 0.3 is 6.09 Å². The van der Waals surface area contributed by atoms with E-state index in [-0.39, 0.29) is 25.1 Å². The van der Waals surface area contributed by atoms with Crippen molar-refractivity contribution in [1.29, 1.82) is 0 Å². The molecule has 1 N–H and O–H groups in total. The third kappa shape index (κ3) is 3.00. The first-order chi connectivity index (χ1) is 8.66. The molecular formula is C13H16N2O3. The molecule has 1 aromatic rings. The molecule has 2 rings (SSSR count). The zero-order chi connectivity index (χ0) is 13.0. The van der Waals surface area contributed by atoms with Gasteiger partial charge < -0.3 is 10.1 Å². The molecule has 0 aromatic heterocycles. The number of carbonyl (C=O) groups is 2. The number of carbonyl (C=O) groups excluding carboxylic acids is 2. The molecule has 5 nitrogen and oxygen atoms in total. The van der Waals surface area contributed by atoms with Gasteiger partial charge in [-0.05, 0) is 12.5 Å². The number of hydrogen-bond acceptors (Lipinski definition) is 3. The Hall–Kier alpha value is -2.04. The molecule has 1 aliphatic heterocycles. The van der Waals surface area contributed by atoms with E-state index in [1.807, 2.05) is 37.3 Å². The smallest absolute Gasteiger partial charge is 0.410 e. The number of benzene rings is 1. The van der Waals surface area contributed by atoms with Crippen LogP contribution in [-0.2, 0) is 16.1 Å². The van der Waals surface area contributed by atoms with E-state index in [1.54, 1.807) is 0 Å². The standard InChI is InChI=1S/C13H16N2O3/c1-10-7-14-12(16)8-15(10)13(17)18-9-11-5-3-2-4-6-11/h2-6,10H,7-9H2,1H3,(H,14,16)/t10-/m0/s1. The molecule has 1 aliphatic rings. The van der Waals surface area contributed by atoms with Crippen molar-refractivity contribution in [2.24, 2.45) is 0 Å². The quantitative estimate of drug-likeness (QED) is 0.854. The van der Waals surface area contributed by atoms with Gasteiger partial charge in [-0.15, -0.1) is 0 Å². The van der Waals surface area contributed by atoms with Crippen molar-refractivity contribution in [3.8, 4) is 0 Å². The fourth-order valence-corrected chi connectivity index (χ4v) is 1.78. The van der Waals surface area contributed by atoms with Crippen molar-refractivity contribution in [2.45, 2.75) is 19.6 Å². The van der Waals surface area contributed by atoms with Gasteiger partial charge in [0.05, 0.1) is 6.04 Å². The predicted octanol–water partition coefficient (Wildman–Crippen LogP) is 1.14. The van der Waals surface area contributed by atoms with Crippen LogP contribution < -0.4 is 5.32 Å². The second-order valence-corrected chi connectivity index (χ2v) is 4.32. The lowest BCUT2D eigenvalue weighted by atomic mass is 10.2. The minimum absolute atomic E-state index is 0.0361. The van der Waals surface area contributed by atoms with Crippen LogP contribution in [-0.4, -0.2) is 36.0 Å². The Kier molecular flexibility index (Phi) is 3.82. The zero-order valence-electron chi connectivity index (χ0n) is 10.3. The second kappa shape index (κ2) is 5.53. The SMILES string of the molecule is C[C@H]1CNC(=O)CN1C(=O)OCc1ccccc1. The average Bonchev–Trinajstić information content (AvgIpc) is 2.40. The van der Waals surface area contributed by atoms with Gasteiger partial charge in [-0.3, -0.25) is 9.69 Å². The Labute approximate surface area is 106 Å². The number of nitrogens with zero attached hydrogens (tertiary/aromatic N) is 1. The second-order valence-electron chi connectivity index (χ2n) is 4.32. The van der Waals surface area contributed by atoms with Gasteiger partial charge in [0, 0.05) is 6.54 Å². The van der Waals surface area contributed by atoms with Gasteiger partial charge in [-0.2, -0.15) is 0 Å². The summed E-state index contributed by atoms with van der Waals surface area (Å²) in [6.07, 6.45) is -0.443. The monoisotopic (exact) mass is 248 g/mol. The van der Waals surface area contributed by atoms with Crippen molar-refractivity contribution in [3.05, 3.63) is 35.9 Å². The molecule has 2 amide bonds. The van der Waals surface area contributed by atoms with Crippen molar-refractivity contribution < 1.29 is 14.3 Å². The van der Waals surface area contributed by atoms with E-state index in [2.05, 4.69) is 5.32 Å². The molecule has 0 saturated carbocycles. The third-order valence-corrected chi connectivity index (χ3v) is 2.88. The predicted molar refractivity (Wildman–Crippen MR) is 65.8 cm³/mol. The largest absolute Gasteiger partial charge is 0.445 e. The summed E-state index contributed by atoms with van der Waals surface area (Å²) in [6, 6.07) is 9.42. The Bertz CT molecular complexity index is 433. The van der Waals surface area contributed by atoms with Crippen molar-refractivity contribution >= 4 is 12.0 Å². The van der Waals surface area contributed by atoms with E-state index in [4.69, 9.17) is 4.74 Å². The van der Waals surface area contributed by atoms with Crippen LogP contribution in [0.3, 0.4) is 0 Å². The lowest BCUT2D eigenvalue weighted by Crippen LogP contribution is -2.55. The van der Waals surface area contributed by atoms with Crippen LogP contribution in [0.1, 0.15) is 12.5 Å². The van der Waals surface area contributed by atoms with Crippen LogP contribution in [0, 0.1) is 0 Å². The van der Waals surface area contributed by atoms with Gasteiger partial charge in [-0.25, -0.2) is 4.79 Å². The molecule has 0 spiro atoms. The van der Waals surface area contributed by atoms with E-state index < -0.39 is 6.09 Å². The van der Waals surface area contributed by atoms with Gasteiger partial charge in [0.1, 0.15) is 13.2 Å². The minimum Gasteiger partial charge on any atom is -0.445 e. The molecule has 0 unspecified atom stereocenters. The average molecular weight is 248 g/mol. The molecule has 18 heavy (non-hydrogen) atoms. The summed E-state index contributed by atoms with van der Waals surface area (Å²) in [7, 11) is 0. The molecule has 1 fully saturated rings. The van der Waals surface area contributed by atoms with E-state index in [0.29, 0.717) is 6.54 Å². The van der Waals surface area contributed by atoms with Crippen LogP contribution in [0.25, 0.3) is 0 Å². The van der Waals surface area contributed by atoms with E-state index in [1.165, 1.54) is 4.90 Å². The topological polar surface area (TPSA) is 58.6 Å². The highest BCUT2D eigenvalue weighted by Crippen LogP contribution is 2.08.